The Hall–Kier alpha value is -2.27. The summed E-state index contributed by atoms with van der Waals surface area (Å²) in [4.78, 5) is 4.81. The van der Waals surface area contributed by atoms with Crippen molar-refractivity contribution in [3.8, 4) is 17.2 Å². The van der Waals surface area contributed by atoms with Gasteiger partial charge < -0.3 is 19.7 Å². The van der Waals surface area contributed by atoms with E-state index in [1.54, 1.807) is 12.1 Å². The minimum absolute atomic E-state index is 0.206. The number of hydrogen-bond donors (Lipinski definition) is 2. The van der Waals surface area contributed by atoms with E-state index in [0.717, 1.165) is 59.5 Å². The maximum absolute atomic E-state index is 10.6. The molecule has 1 aromatic carbocycles. The third kappa shape index (κ3) is 4.84. The maximum Gasteiger partial charge on any atom is 0.137 e. The SMILES string of the molecule is CCOc1cc(O)c(Cc2ccc(O)c(C3CCCC(OCC)C3)n2)c(C)c1C. The van der Waals surface area contributed by atoms with E-state index in [2.05, 4.69) is 0 Å². The van der Waals surface area contributed by atoms with Crippen LogP contribution in [0.1, 0.15) is 73.5 Å². The standard InChI is InChI=1S/C24H33NO4/c1-5-28-19-9-7-8-17(12-19)24-21(26)11-10-18(25-24)13-20-15(3)16(4)23(29-6-2)14-22(20)27/h10-11,14,17,19,26-27H,5-9,12-13H2,1-4H3. The van der Waals surface area contributed by atoms with Crippen LogP contribution in [-0.4, -0.2) is 34.5 Å². The summed E-state index contributed by atoms with van der Waals surface area (Å²) in [7, 11) is 0. The molecule has 1 saturated carbocycles. The number of phenols is 1. The summed E-state index contributed by atoms with van der Waals surface area (Å²) in [5, 5.41) is 21.0. The first-order valence-corrected chi connectivity index (χ1v) is 10.7. The van der Waals surface area contributed by atoms with E-state index in [9.17, 15) is 10.2 Å². The van der Waals surface area contributed by atoms with Gasteiger partial charge in [0.1, 0.15) is 17.2 Å². The molecule has 0 saturated heterocycles. The molecule has 1 fully saturated rings. The van der Waals surface area contributed by atoms with Crippen LogP contribution in [0.2, 0.25) is 0 Å². The van der Waals surface area contributed by atoms with Crippen LogP contribution in [0.4, 0.5) is 0 Å². The first-order valence-electron chi connectivity index (χ1n) is 10.7. The number of aromatic nitrogens is 1. The maximum atomic E-state index is 10.6. The molecule has 5 nitrogen and oxygen atoms in total. The van der Waals surface area contributed by atoms with Gasteiger partial charge in [0.2, 0.25) is 0 Å². The van der Waals surface area contributed by atoms with Crippen molar-refractivity contribution in [2.75, 3.05) is 13.2 Å². The van der Waals surface area contributed by atoms with Crippen molar-refractivity contribution >= 4 is 0 Å². The van der Waals surface area contributed by atoms with E-state index < -0.39 is 0 Å². The van der Waals surface area contributed by atoms with Gasteiger partial charge in [-0.25, -0.2) is 0 Å². The molecule has 1 aliphatic rings. The van der Waals surface area contributed by atoms with Gasteiger partial charge in [0.25, 0.3) is 0 Å². The Morgan fingerprint density at radius 2 is 1.83 bits per heavy atom. The van der Waals surface area contributed by atoms with Crippen LogP contribution in [-0.2, 0) is 11.2 Å². The van der Waals surface area contributed by atoms with Crippen LogP contribution in [0.3, 0.4) is 0 Å². The molecule has 1 aromatic heterocycles. The summed E-state index contributed by atoms with van der Waals surface area (Å²) in [5.74, 6) is 1.40. The van der Waals surface area contributed by atoms with Gasteiger partial charge in [-0.15, -0.1) is 0 Å². The van der Waals surface area contributed by atoms with Crippen molar-refractivity contribution in [3.63, 3.8) is 0 Å². The van der Waals surface area contributed by atoms with Gasteiger partial charge in [0, 0.05) is 36.3 Å². The highest BCUT2D eigenvalue weighted by Crippen LogP contribution is 2.38. The van der Waals surface area contributed by atoms with E-state index in [1.807, 2.05) is 33.8 Å². The lowest BCUT2D eigenvalue weighted by atomic mass is 9.84. The molecule has 0 spiro atoms. The molecule has 0 radical (unpaired) electrons. The van der Waals surface area contributed by atoms with Gasteiger partial charge in [-0.1, -0.05) is 6.42 Å². The van der Waals surface area contributed by atoms with Gasteiger partial charge in [-0.05, 0) is 70.2 Å². The molecular formula is C24H33NO4. The molecule has 0 aliphatic heterocycles. The molecule has 2 atom stereocenters. The number of aromatic hydroxyl groups is 2. The molecule has 5 heteroatoms. The number of pyridine rings is 1. The second-order valence-electron chi connectivity index (χ2n) is 7.88. The normalized spacial score (nSPS) is 19.3. The summed E-state index contributed by atoms with van der Waals surface area (Å²) in [5.41, 5.74) is 4.50. The monoisotopic (exact) mass is 399 g/mol. The second-order valence-corrected chi connectivity index (χ2v) is 7.88. The average Bonchev–Trinajstić information content (AvgIpc) is 2.71. The number of nitrogens with zero attached hydrogens (tertiary/aromatic N) is 1. The Labute approximate surface area is 173 Å². The fourth-order valence-corrected chi connectivity index (χ4v) is 4.32. The Morgan fingerprint density at radius 1 is 1.03 bits per heavy atom. The minimum atomic E-state index is 0.206. The van der Waals surface area contributed by atoms with Crippen LogP contribution in [0.15, 0.2) is 18.2 Å². The van der Waals surface area contributed by atoms with Crippen molar-refractivity contribution in [3.05, 3.63) is 46.3 Å². The lowest BCUT2D eigenvalue weighted by Crippen LogP contribution is -2.22. The van der Waals surface area contributed by atoms with E-state index in [0.29, 0.717) is 19.6 Å². The van der Waals surface area contributed by atoms with Gasteiger partial charge in [-0.3, -0.25) is 4.98 Å². The summed E-state index contributed by atoms with van der Waals surface area (Å²) in [6.07, 6.45) is 4.81. The number of hydrogen-bond acceptors (Lipinski definition) is 5. The molecule has 0 amide bonds. The number of phenolic OH excluding ortho intramolecular Hbond substituents is 1. The predicted octanol–water partition coefficient (Wildman–Crippen LogP) is 5.16. The van der Waals surface area contributed by atoms with Crippen LogP contribution >= 0.6 is 0 Å². The lowest BCUT2D eigenvalue weighted by Gasteiger charge is -2.29. The third-order valence-electron chi connectivity index (χ3n) is 5.99. The van der Waals surface area contributed by atoms with Crippen molar-refractivity contribution < 1.29 is 19.7 Å². The smallest absolute Gasteiger partial charge is 0.137 e. The van der Waals surface area contributed by atoms with Crippen LogP contribution in [0.5, 0.6) is 17.2 Å². The summed E-state index contributed by atoms with van der Waals surface area (Å²) in [6.45, 7) is 9.24. The molecular weight excluding hydrogens is 366 g/mol. The molecule has 3 rings (SSSR count). The molecule has 0 bridgehead atoms. The van der Waals surface area contributed by atoms with E-state index in [4.69, 9.17) is 14.5 Å². The second kappa shape index (κ2) is 9.49. The molecule has 1 aliphatic carbocycles. The van der Waals surface area contributed by atoms with E-state index in [1.165, 1.54) is 0 Å². The molecule has 29 heavy (non-hydrogen) atoms. The Bertz CT molecular complexity index is 847. The van der Waals surface area contributed by atoms with Crippen molar-refractivity contribution in [2.45, 2.75) is 71.8 Å². The zero-order chi connectivity index (χ0) is 21.0. The fraction of sp³-hybridized carbons (Fsp3) is 0.542. The first kappa shape index (κ1) is 21.4. The molecule has 2 aromatic rings. The molecule has 2 N–H and O–H groups in total. The molecule has 2 unspecified atom stereocenters. The van der Waals surface area contributed by atoms with Crippen molar-refractivity contribution in [2.24, 2.45) is 0 Å². The van der Waals surface area contributed by atoms with Crippen LogP contribution < -0.4 is 4.74 Å². The van der Waals surface area contributed by atoms with E-state index >= 15 is 0 Å². The van der Waals surface area contributed by atoms with Crippen LogP contribution in [0, 0.1) is 13.8 Å². The van der Waals surface area contributed by atoms with Gasteiger partial charge in [0.15, 0.2) is 0 Å². The zero-order valence-electron chi connectivity index (χ0n) is 18.0. The quantitative estimate of drug-likeness (QED) is 0.673. The number of benzene rings is 1. The topological polar surface area (TPSA) is 71.8 Å². The first-order chi connectivity index (χ1) is 13.9. The summed E-state index contributed by atoms with van der Waals surface area (Å²) in [6, 6.07) is 5.26. The highest BCUT2D eigenvalue weighted by atomic mass is 16.5. The van der Waals surface area contributed by atoms with Gasteiger partial charge >= 0.3 is 0 Å². The Morgan fingerprint density at radius 3 is 2.55 bits per heavy atom. The number of rotatable bonds is 7. The largest absolute Gasteiger partial charge is 0.508 e. The predicted molar refractivity (Wildman–Crippen MR) is 114 cm³/mol. The van der Waals surface area contributed by atoms with Gasteiger partial charge in [0.05, 0.1) is 18.4 Å². The Kier molecular flexibility index (Phi) is 7.01. The number of ether oxygens (including phenoxy) is 2. The highest BCUT2D eigenvalue weighted by molar-refractivity contribution is 5.52. The average molecular weight is 400 g/mol. The third-order valence-corrected chi connectivity index (χ3v) is 5.99. The van der Waals surface area contributed by atoms with Crippen molar-refractivity contribution in [1.29, 1.82) is 0 Å². The Balaban J connectivity index is 1.86. The molecule has 158 valence electrons. The zero-order valence-corrected chi connectivity index (χ0v) is 18.0. The minimum Gasteiger partial charge on any atom is -0.508 e. The molecule has 1 heterocycles. The summed E-state index contributed by atoms with van der Waals surface area (Å²) < 4.78 is 11.4. The van der Waals surface area contributed by atoms with E-state index in [-0.39, 0.29) is 23.5 Å². The summed E-state index contributed by atoms with van der Waals surface area (Å²) >= 11 is 0. The fourth-order valence-electron chi connectivity index (χ4n) is 4.32. The highest BCUT2D eigenvalue weighted by Gasteiger charge is 2.27. The van der Waals surface area contributed by atoms with Gasteiger partial charge in [-0.2, -0.15) is 0 Å². The lowest BCUT2D eigenvalue weighted by molar-refractivity contribution is 0.0301. The van der Waals surface area contributed by atoms with Crippen LogP contribution in [0.25, 0.3) is 0 Å². The van der Waals surface area contributed by atoms with Crippen molar-refractivity contribution in [1.82, 2.24) is 4.98 Å².